The first-order valence-corrected chi connectivity index (χ1v) is 12.8. The Morgan fingerprint density at radius 2 is 1.32 bits per heavy atom. The SMILES string of the molecule is CCCC1CCC(c2ccc(-c3cc(F)c(CCc4cc(F)c(C(F)(F)F)c(F)c4)c(F)c3)c(F)c2)CC1. The summed E-state index contributed by atoms with van der Waals surface area (Å²) in [6, 6.07) is 7.72. The Morgan fingerprint density at radius 3 is 1.84 bits per heavy atom. The third-order valence-corrected chi connectivity index (χ3v) is 7.51. The number of hydrogen-bond donors (Lipinski definition) is 0. The molecule has 0 N–H and O–H groups in total. The van der Waals surface area contributed by atoms with Gasteiger partial charge in [0.25, 0.3) is 0 Å². The average Bonchev–Trinajstić information content (AvgIpc) is 2.82. The molecule has 0 aromatic heterocycles. The molecule has 0 bridgehead atoms. The van der Waals surface area contributed by atoms with E-state index < -0.39 is 46.4 Å². The van der Waals surface area contributed by atoms with Crippen LogP contribution in [-0.2, 0) is 19.0 Å². The van der Waals surface area contributed by atoms with E-state index in [1.807, 2.05) is 0 Å². The summed E-state index contributed by atoms with van der Waals surface area (Å²) in [7, 11) is 0. The van der Waals surface area contributed by atoms with Crippen molar-refractivity contribution in [1.82, 2.24) is 0 Å². The van der Waals surface area contributed by atoms with E-state index in [1.165, 1.54) is 18.6 Å². The Labute approximate surface area is 216 Å². The topological polar surface area (TPSA) is 0 Å². The molecule has 38 heavy (non-hydrogen) atoms. The summed E-state index contributed by atoms with van der Waals surface area (Å²) in [4.78, 5) is 0. The van der Waals surface area contributed by atoms with Crippen molar-refractivity contribution in [2.45, 2.75) is 70.4 Å². The lowest BCUT2D eigenvalue weighted by molar-refractivity contribution is -0.142. The van der Waals surface area contributed by atoms with Crippen LogP contribution in [0.2, 0.25) is 0 Å². The number of hydrogen-bond acceptors (Lipinski definition) is 0. The number of benzene rings is 3. The lowest BCUT2D eigenvalue weighted by Gasteiger charge is -2.28. The van der Waals surface area contributed by atoms with Gasteiger partial charge in [0.15, 0.2) is 0 Å². The van der Waals surface area contributed by atoms with Gasteiger partial charge in [-0.1, -0.05) is 31.9 Å². The molecule has 0 amide bonds. The Bertz CT molecular complexity index is 1240. The maximum Gasteiger partial charge on any atom is 0.422 e. The zero-order valence-electron chi connectivity index (χ0n) is 20.9. The summed E-state index contributed by atoms with van der Waals surface area (Å²) < 4.78 is 111. The van der Waals surface area contributed by atoms with Crippen molar-refractivity contribution in [2.24, 2.45) is 5.92 Å². The molecule has 8 heteroatoms. The summed E-state index contributed by atoms with van der Waals surface area (Å²) in [5.41, 5.74) is -1.68. The third-order valence-electron chi connectivity index (χ3n) is 7.51. The summed E-state index contributed by atoms with van der Waals surface area (Å²) in [5.74, 6) is -5.17. The predicted octanol–water partition coefficient (Wildman–Crippen LogP) is 9.93. The first-order chi connectivity index (χ1) is 18.0. The molecule has 1 fully saturated rings. The Balaban J connectivity index is 1.49. The highest BCUT2D eigenvalue weighted by Gasteiger charge is 2.37. The second-order valence-corrected chi connectivity index (χ2v) is 10.1. The molecule has 0 radical (unpaired) electrons. The average molecular weight is 541 g/mol. The third kappa shape index (κ3) is 6.21. The van der Waals surface area contributed by atoms with Crippen LogP contribution in [-0.4, -0.2) is 0 Å². The minimum Gasteiger partial charge on any atom is -0.207 e. The van der Waals surface area contributed by atoms with E-state index in [1.54, 1.807) is 6.07 Å². The zero-order valence-corrected chi connectivity index (χ0v) is 20.9. The lowest BCUT2D eigenvalue weighted by atomic mass is 9.77. The normalized spacial score (nSPS) is 18.1. The number of alkyl halides is 3. The van der Waals surface area contributed by atoms with Gasteiger partial charge in [0, 0.05) is 11.1 Å². The molecule has 1 saturated carbocycles. The van der Waals surface area contributed by atoms with Crippen LogP contribution >= 0.6 is 0 Å². The Hall–Kier alpha value is -2.90. The summed E-state index contributed by atoms with van der Waals surface area (Å²) >= 11 is 0. The van der Waals surface area contributed by atoms with Crippen molar-refractivity contribution in [2.75, 3.05) is 0 Å². The Morgan fingerprint density at radius 1 is 0.711 bits per heavy atom. The predicted molar refractivity (Wildman–Crippen MR) is 130 cm³/mol. The lowest BCUT2D eigenvalue weighted by Crippen LogP contribution is -2.13. The molecule has 1 aliphatic rings. The fourth-order valence-electron chi connectivity index (χ4n) is 5.52. The fraction of sp³-hybridized carbons (Fsp3) is 0.400. The molecule has 0 saturated heterocycles. The molecule has 3 aromatic carbocycles. The molecule has 0 unspecified atom stereocenters. The fourth-order valence-corrected chi connectivity index (χ4v) is 5.52. The van der Waals surface area contributed by atoms with Gasteiger partial charge in [-0.2, -0.15) is 13.2 Å². The van der Waals surface area contributed by atoms with Crippen LogP contribution in [0.15, 0.2) is 42.5 Å². The van der Waals surface area contributed by atoms with Gasteiger partial charge in [-0.3, -0.25) is 0 Å². The molecule has 0 nitrogen and oxygen atoms in total. The molecular formula is C30H28F8. The van der Waals surface area contributed by atoms with E-state index in [0.717, 1.165) is 49.8 Å². The Kier molecular flexibility index (Phi) is 8.48. The van der Waals surface area contributed by atoms with Gasteiger partial charge in [0.2, 0.25) is 0 Å². The van der Waals surface area contributed by atoms with Crippen LogP contribution < -0.4 is 0 Å². The van der Waals surface area contributed by atoms with E-state index in [0.29, 0.717) is 18.1 Å². The maximum atomic E-state index is 15.0. The first kappa shape index (κ1) is 28.1. The van der Waals surface area contributed by atoms with Gasteiger partial charge in [0.05, 0.1) is 0 Å². The maximum absolute atomic E-state index is 15.0. The number of aryl methyl sites for hydroxylation is 1. The highest BCUT2D eigenvalue weighted by molar-refractivity contribution is 5.65. The molecule has 0 aliphatic heterocycles. The smallest absolute Gasteiger partial charge is 0.207 e. The van der Waals surface area contributed by atoms with Gasteiger partial charge >= 0.3 is 6.18 Å². The van der Waals surface area contributed by atoms with Gasteiger partial charge in [0.1, 0.15) is 34.6 Å². The summed E-state index contributed by atoms with van der Waals surface area (Å²) in [6.45, 7) is 2.17. The van der Waals surface area contributed by atoms with Gasteiger partial charge in [-0.05, 0) is 97.4 Å². The van der Waals surface area contributed by atoms with Crippen LogP contribution in [0.3, 0.4) is 0 Å². The van der Waals surface area contributed by atoms with E-state index in [2.05, 4.69) is 6.92 Å². The van der Waals surface area contributed by atoms with Gasteiger partial charge in [-0.25, -0.2) is 22.0 Å². The minimum absolute atomic E-state index is 0.00562. The zero-order chi connectivity index (χ0) is 27.6. The number of halogens is 8. The molecule has 1 aliphatic carbocycles. The van der Waals surface area contributed by atoms with Crippen molar-refractivity contribution in [3.8, 4) is 11.1 Å². The first-order valence-electron chi connectivity index (χ1n) is 12.8. The molecular weight excluding hydrogens is 512 g/mol. The van der Waals surface area contributed by atoms with Crippen LogP contribution in [0, 0.1) is 35.0 Å². The van der Waals surface area contributed by atoms with E-state index >= 15 is 4.39 Å². The van der Waals surface area contributed by atoms with Crippen molar-refractivity contribution in [1.29, 1.82) is 0 Å². The summed E-state index contributed by atoms with van der Waals surface area (Å²) in [6.07, 6.45) is 0.649. The van der Waals surface area contributed by atoms with Gasteiger partial charge in [-0.15, -0.1) is 0 Å². The molecule has 0 atom stereocenters. The second kappa shape index (κ2) is 11.5. The molecule has 0 heterocycles. The summed E-state index contributed by atoms with van der Waals surface area (Å²) in [5, 5.41) is 0. The van der Waals surface area contributed by atoms with E-state index in [9.17, 15) is 30.7 Å². The highest BCUT2D eigenvalue weighted by atomic mass is 19.4. The van der Waals surface area contributed by atoms with Crippen molar-refractivity contribution >= 4 is 0 Å². The quantitative estimate of drug-likeness (QED) is 0.262. The van der Waals surface area contributed by atoms with Crippen LogP contribution in [0.1, 0.15) is 73.6 Å². The molecule has 204 valence electrons. The largest absolute Gasteiger partial charge is 0.422 e. The van der Waals surface area contributed by atoms with E-state index in [4.69, 9.17) is 0 Å². The minimum atomic E-state index is -5.21. The molecule has 3 aromatic rings. The van der Waals surface area contributed by atoms with Gasteiger partial charge < -0.3 is 0 Å². The van der Waals surface area contributed by atoms with Crippen LogP contribution in [0.25, 0.3) is 11.1 Å². The monoisotopic (exact) mass is 540 g/mol. The molecule has 0 spiro atoms. The van der Waals surface area contributed by atoms with Crippen molar-refractivity contribution < 1.29 is 35.1 Å². The standard InChI is InChI=1S/C30H28F8/c1-2-3-17-4-7-19(8-5-17)20-9-11-22(24(31)14-20)21-15-25(32)23(26(33)16-21)10-6-18-12-27(34)29(28(35)13-18)30(36,37)38/h9,11-17,19H,2-8,10H2,1H3. The van der Waals surface area contributed by atoms with E-state index in [-0.39, 0.29) is 35.4 Å². The van der Waals surface area contributed by atoms with Crippen LogP contribution in [0.5, 0.6) is 0 Å². The van der Waals surface area contributed by atoms with Crippen LogP contribution in [0.4, 0.5) is 35.1 Å². The van der Waals surface area contributed by atoms with Crippen molar-refractivity contribution in [3.63, 3.8) is 0 Å². The number of rotatable bonds is 7. The highest BCUT2D eigenvalue weighted by Crippen LogP contribution is 2.39. The van der Waals surface area contributed by atoms with Crippen molar-refractivity contribution in [3.05, 3.63) is 93.8 Å². The second-order valence-electron chi connectivity index (χ2n) is 10.1. The molecule has 4 rings (SSSR count).